The molecule has 0 saturated carbocycles. The minimum atomic E-state index is -0.134. The van der Waals surface area contributed by atoms with Crippen LogP contribution in [0.3, 0.4) is 0 Å². The van der Waals surface area contributed by atoms with Crippen LogP contribution in [0.5, 0.6) is 17.2 Å². The lowest BCUT2D eigenvalue weighted by Gasteiger charge is -2.23. The number of benzene rings is 3. The van der Waals surface area contributed by atoms with E-state index in [0.29, 0.717) is 12.3 Å². The van der Waals surface area contributed by atoms with Crippen LogP contribution in [0.15, 0.2) is 78.9 Å². The van der Waals surface area contributed by atoms with Crippen molar-refractivity contribution in [1.82, 2.24) is 0 Å². The molecule has 3 rings (SSSR count). The van der Waals surface area contributed by atoms with E-state index in [0.717, 1.165) is 22.7 Å². The van der Waals surface area contributed by atoms with E-state index in [4.69, 9.17) is 14.2 Å². The highest BCUT2D eigenvalue weighted by atomic mass is 16.5. The van der Waals surface area contributed by atoms with E-state index in [9.17, 15) is 4.79 Å². The molecule has 3 aromatic carbocycles. The van der Waals surface area contributed by atoms with Crippen molar-refractivity contribution in [2.75, 3.05) is 25.7 Å². The van der Waals surface area contributed by atoms with Gasteiger partial charge in [-0.15, -0.1) is 0 Å². The van der Waals surface area contributed by atoms with Crippen molar-refractivity contribution < 1.29 is 19.0 Å². The molecule has 0 unspecified atom stereocenters. The van der Waals surface area contributed by atoms with Gasteiger partial charge >= 0.3 is 0 Å². The normalized spacial score (nSPS) is 10.2. The summed E-state index contributed by atoms with van der Waals surface area (Å²) in [4.78, 5) is 14.7. The number of methoxy groups -OCH3 is 2. The van der Waals surface area contributed by atoms with Crippen LogP contribution in [0.4, 0.5) is 5.69 Å². The van der Waals surface area contributed by atoms with E-state index in [-0.39, 0.29) is 12.5 Å². The fraction of sp³-hybridized carbons (Fsp3) is 0.174. The molecule has 0 fully saturated rings. The molecule has 1 amide bonds. The van der Waals surface area contributed by atoms with Crippen molar-refractivity contribution in [1.29, 1.82) is 0 Å². The smallest absolute Gasteiger partial charge is 0.265 e. The van der Waals surface area contributed by atoms with E-state index in [1.54, 1.807) is 43.4 Å². The molecule has 0 bridgehead atoms. The summed E-state index contributed by atoms with van der Waals surface area (Å²) in [5.41, 5.74) is 1.82. The van der Waals surface area contributed by atoms with Crippen molar-refractivity contribution in [2.24, 2.45) is 0 Å². The Kier molecular flexibility index (Phi) is 6.52. The Labute approximate surface area is 165 Å². The van der Waals surface area contributed by atoms with Crippen molar-refractivity contribution >= 4 is 11.6 Å². The molecule has 0 aliphatic heterocycles. The van der Waals surface area contributed by atoms with Gasteiger partial charge in [-0.3, -0.25) is 4.79 Å². The van der Waals surface area contributed by atoms with Crippen LogP contribution in [0.25, 0.3) is 0 Å². The monoisotopic (exact) mass is 377 g/mol. The molecule has 0 aromatic heterocycles. The maximum Gasteiger partial charge on any atom is 0.265 e. The molecule has 0 saturated heterocycles. The Balaban J connectivity index is 1.75. The van der Waals surface area contributed by atoms with Gasteiger partial charge in [0.05, 0.1) is 20.8 Å². The molecule has 5 nitrogen and oxygen atoms in total. The lowest BCUT2D eigenvalue weighted by molar-refractivity contribution is -0.120. The first kappa shape index (κ1) is 19.3. The zero-order chi connectivity index (χ0) is 19.8. The van der Waals surface area contributed by atoms with Gasteiger partial charge in [-0.05, 0) is 54.1 Å². The number of amides is 1. The molecule has 3 aromatic rings. The average molecular weight is 377 g/mol. The van der Waals surface area contributed by atoms with E-state index >= 15 is 0 Å². The summed E-state index contributed by atoms with van der Waals surface area (Å²) in [6, 6.07) is 24.4. The van der Waals surface area contributed by atoms with Gasteiger partial charge in [0.25, 0.3) is 5.91 Å². The molecule has 0 heterocycles. The van der Waals surface area contributed by atoms with Gasteiger partial charge in [0.15, 0.2) is 6.61 Å². The molecular formula is C23H23NO4. The predicted molar refractivity (Wildman–Crippen MR) is 109 cm³/mol. The largest absolute Gasteiger partial charge is 0.497 e. The summed E-state index contributed by atoms with van der Waals surface area (Å²) in [5.74, 6) is 1.96. The van der Waals surface area contributed by atoms with Crippen molar-refractivity contribution in [2.45, 2.75) is 6.54 Å². The van der Waals surface area contributed by atoms with Crippen LogP contribution in [0, 0.1) is 0 Å². The second kappa shape index (κ2) is 9.46. The highest BCUT2D eigenvalue weighted by molar-refractivity contribution is 5.94. The highest BCUT2D eigenvalue weighted by Crippen LogP contribution is 2.22. The number of carbonyl (C=O) groups is 1. The molecule has 0 N–H and O–H groups in total. The number of anilines is 1. The van der Waals surface area contributed by atoms with Crippen LogP contribution in [0.2, 0.25) is 0 Å². The fourth-order valence-corrected chi connectivity index (χ4v) is 2.75. The van der Waals surface area contributed by atoms with Crippen molar-refractivity contribution in [3.8, 4) is 17.2 Å². The van der Waals surface area contributed by atoms with E-state index in [2.05, 4.69) is 0 Å². The van der Waals surface area contributed by atoms with Crippen LogP contribution < -0.4 is 19.1 Å². The zero-order valence-corrected chi connectivity index (χ0v) is 16.0. The van der Waals surface area contributed by atoms with E-state index in [1.165, 1.54) is 0 Å². The summed E-state index contributed by atoms with van der Waals surface area (Å²) in [5, 5.41) is 0. The van der Waals surface area contributed by atoms with Gasteiger partial charge < -0.3 is 19.1 Å². The van der Waals surface area contributed by atoms with Crippen LogP contribution in [0.1, 0.15) is 5.56 Å². The SMILES string of the molecule is COc1ccc(OCC(=O)N(Cc2ccccc2)c2ccc(OC)cc2)cc1. The molecule has 0 aliphatic carbocycles. The molecule has 5 heteroatoms. The topological polar surface area (TPSA) is 48.0 Å². The minimum absolute atomic E-state index is 0.0643. The standard InChI is InChI=1S/C23H23NO4/c1-26-20-10-8-19(9-11-20)24(16-18-6-4-3-5-7-18)23(25)17-28-22-14-12-21(27-2)13-15-22/h3-15H,16-17H2,1-2H3. The molecule has 0 spiro atoms. The summed E-state index contributed by atoms with van der Waals surface area (Å²) in [7, 11) is 3.22. The molecule has 0 radical (unpaired) electrons. The summed E-state index contributed by atoms with van der Waals surface area (Å²) in [6.45, 7) is 0.392. The second-order valence-corrected chi connectivity index (χ2v) is 6.13. The summed E-state index contributed by atoms with van der Waals surface area (Å²) in [6.07, 6.45) is 0. The third kappa shape index (κ3) is 5.04. The quantitative estimate of drug-likeness (QED) is 0.587. The van der Waals surface area contributed by atoms with Crippen LogP contribution >= 0.6 is 0 Å². The maximum atomic E-state index is 12.9. The van der Waals surface area contributed by atoms with Crippen LogP contribution in [-0.4, -0.2) is 26.7 Å². The molecule has 144 valence electrons. The van der Waals surface area contributed by atoms with Crippen LogP contribution in [-0.2, 0) is 11.3 Å². The Bertz CT molecular complexity index is 877. The number of nitrogens with zero attached hydrogens (tertiary/aromatic N) is 1. The Morgan fingerprint density at radius 2 is 1.29 bits per heavy atom. The maximum absolute atomic E-state index is 12.9. The molecule has 0 atom stereocenters. The van der Waals surface area contributed by atoms with Gasteiger partial charge in [0.2, 0.25) is 0 Å². The number of hydrogen-bond acceptors (Lipinski definition) is 4. The van der Waals surface area contributed by atoms with Crippen molar-refractivity contribution in [3.05, 3.63) is 84.4 Å². The predicted octanol–water partition coefficient (Wildman–Crippen LogP) is 4.32. The van der Waals surface area contributed by atoms with Gasteiger partial charge in [-0.2, -0.15) is 0 Å². The number of carbonyl (C=O) groups excluding carboxylic acids is 1. The molecule has 0 aliphatic rings. The van der Waals surface area contributed by atoms with Gasteiger partial charge in [0.1, 0.15) is 17.2 Å². The highest BCUT2D eigenvalue weighted by Gasteiger charge is 2.17. The lowest BCUT2D eigenvalue weighted by atomic mass is 10.2. The fourth-order valence-electron chi connectivity index (χ4n) is 2.75. The average Bonchev–Trinajstić information content (AvgIpc) is 2.77. The molecular weight excluding hydrogens is 354 g/mol. The lowest BCUT2D eigenvalue weighted by Crippen LogP contribution is -2.34. The first-order chi connectivity index (χ1) is 13.7. The van der Waals surface area contributed by atoms with Gasteiger partial charge in [-0.25, -0.2) is 0 Å². The molecule has 28 heavy (non-hydrogen) atoms. The first-order valence-corrected chi connectivity index (χ1v) is 8.95. The van der Waals surface area contributed by atoms with Gasteiger partial charge in [-0.1, -0.05) is 30.3 Å². The minimum Gasteiger partial charge on any atom is -0.497 e. The Hall–Kier alpha value is -3.47. The summed E-state index contributed by atoms with van der Waals surface area (Å²) >= 11 is 0. The third-order valence-electron chi connectivity index (χ3n) is 4.29. The number of rotatable bonds is 8. The zero-order valence-electron chi connectivity index (χ0n) is 16.0. The first-order valence-electron chi connectivity index (χ1n) is 8.95. The van der Waals surface area contributed by atoms with E-state index in [1.807, 2.05) is 54.6 Å². The Morgan fingerprint density at radius 1 is 0.750 bits per heavy atom. The third-order valence-corrected chi connectivity index (χ3v) is 4.29. The van der Waals surface area contributed by atoms with Gasteiger partial charge in [0, 0.05) is 5.69 Å². The number of ether oxygens (including phenoxy) is 3. The number of hydrogen-bond donors (Lipinski definition) is 0. The summed E-state index contributed by atoms with van der Waals surface area (Å²) < 4.78 is 16.0. The van der Waals surface area contributed by atoms with Crippen molar-refractivity contribution in [3.63, 3.8) is 0 Å². The Morgan fingerprint density at radius 3 is 1.86 bits per heavy atom. The second-order valence-electron chi connectivity index (χ2n) is 6.13. The van der Waals surface area contributed by atoms with E-state index < -0.39 is 0 Å².